The molecule has 1 N–H and O–H groups in total. The van der Waals surface area contributed by atoms with Crippen LogP contribution in [0.1, 0.15) is 30.8 Å². The third-order valence-electron chi connectivity index (χ3n) is 4.92. The molecule has 0 spiro atoms. The van der Waals surface area contributed by atoms with E-state index in [-0.39, 0.29) is 27.5 Å². The maximum absolute atomic E-state index is 12.7. The van der Waals surface area contributed by atoms with Crippen molar-refractivity contribution in [3.8, 4) is 17.5 Å². The second-order valence-corrected chi connectivity index (χ2v) is 10.7. The number of nitrogens with one attached hydrogen (secondary N) is 1. The molecule has 3 rings (SSSR count). The van der Waals surface area contributed by atoms with E-state index in [1.807, 2.05) is 54.8 Å². The molecule has 1 amide bonds. The first-order chi connectivity index (χ1) is 16.1. The molecule has 0 atom stereocenters. The Labute approximate surface area is 202 Å². The quantitative estimate of drug-likeness (QED) is 0.367. The normalized spacial score (nSPS) is 12.0. The molecule has 0 aliphatic heterocycles. The Bertz CT molecular complexity index is 1390. The number of para-hydroxylation sites is 2. The van der Waals surface area contributed by atoms with Crippen molar-refractivity contribution >= 4 is 38.5 Å². The molecule has 0 aliphatic carbocycles. The summed E-state index contributed by atoms with van der Waals surface area (Å²) in [5.41, 5.74) is 3.09. The third kappa shape index (κ3) is 5.35. The molecule has 0 saturated carbocycles. The predicted octanol–water partition coefficient (Wildman–Crippen LogP) is 3.93. The number of nitriles is 1. The van der Waals surface area contributed by atoms with Crippen molar-refractivity contribution in [2.45, 2.75) is 32.9 Å². The molecular weight excluding hydrogens is 474 g/mol. The average molecular weight is 500 g/mol. The molecule has 0 unspecified atom stereocenters. The predicted molar refractivity (Wildman–Crippen MR) is 131 cm³/mol. The lowest BCUT2D eigenvalue weighted by Crippen LogP contribution is -2.15. The van der Waals surface area contributed by atoms with Gasteiger partial charge in [0, 0.05) is 22.9 Å². The van der Waals surface area contributed by atoms with E-state index in [0.717, 1.165) is 28.6 Å². The number of aromatic nitrogens is 3. The van der Waals surface area contributed by atoms with E-state index >= 15 is 0 Å². The first-order valence-electron chi connectivity index (χ1n) is 10.4. The first-order valence-corrected chi connectivity index (χ1v) is 12.8. The Morgan fingerprint density at radius 1 is 1.32 bits per heavy atom. The molecule has 2 heterocycles. The van der Waals surface area contributed by atoms with E-state index in [9.17, 15) is 18.5 Å². The van der Waals surface area contributed by atoms with Gasteiger partial charge in [0.15, 0.2) is 0 Å². The minimum Gasteiger partial charge on any atom is -0.495 e. The number of ether oxygens (including phenoxy) is 1. The smallest absolute Gasteiger partial charge is 0.268 e. The van der Waals surface area contributed by atoms with Crippen molar-refractivity contribution in [2.24, 2.45) is 5.92 Å². The second kappa shape index (κ2) is 10.2. The van der Waals surface area contributed by atoms with Crippen LogP contribution in [0.25, 0.3) is 11.8 Å². The van der Waals surface area contributed by atoms with Crippen molar-refractivity contribution in [3.63, 3.8) is 0 Å². The SMILES string of the molecule is COc1ccccc1-n1c(C)cc(C=C(C#N)C(=O)Nc2nc(S(=O)(=O)CC(C)C)ns2)c1C. The average Bonchev–Trinajstić information content (AvgIpc) is 3.35. The molecule has 0 bridgehead atoms. The van der Waals surface area contributed by atoms with Crippen LogP contribution in [0.4, 0.5) is 5.13 Å². The van der Waals surface area contributed by atoms with Gasteiger partial charge in [-0.1, -0.05) is 26.0 Å². The van der Waals surface area contributed by atoms with Crippen LogP contribution in [0.3, 0.4) is 0 Å². The van der Waals surface area contributed by atoms with E-state index in [0.29, 0.717) is 11.3 Å². The molecule has 0 saturated heterocycles. The number of hydrogen-bond acceptors (Lipinski definition) is 8. The summed E-state index contributed by atoms with van der Waals surface area (Å²) in [6, 6.07) is 11.3. The van der Waals surface area contributed by atoms with Gasteiger partial charge >= 0.3 is 0 Å². The molecular formula is C23H25N5O4S2. The van der Waals surface area contributed by atoms with Gasteiger partial charge in [0.2, 0.25) is 15.0 Å². The topological polar surface area (TPSA) is 127 Å². The van der Waals surface area contributed by atoms with E-state index < -0.39 is 15.7 Å². The van der Waals surface area contributed by atoms with Crippen molar-refractivity contribution in [3.05, 3.63) is 52.9 Å². The van der Waals surface area contributed by atoms with Gasteiger partial charge in [0.25, 0.3) is 11.1 Å². The molecule has 2 aromatic heterocycles. The van der Waals surface area contributed by atoms with Crippen molar-refractivity contribution in [2.75, 3.05) is 18.2 Å². The molecule has 178 valence electrons. The zero-order valence-electron chi connectivity index (χ0n) is 19.5. The Kier molecular flexibility index (Phi) is 7.54. The summed E-state index contributed by atoms with van der Waals surface area (Å²) >= 11 is 0.750. The molecule has 11 heteroatoms. The second-order valence-electron chi connectivity index (χ2n) is 8.02. The van der Waals surface area contributed by atoms with Crippen LogP contribution in [0.5, 0.6) is 5.75 Å². The first kappa shape index (κ1) is 25.1. The van der Waals surface area contributed by atoms with Gasteiger partial charge in [0.1, 0.15) is 17.4 Å². The fraction of sp³-hybridized carbons (Fsp3) is 0.304. The van der Waals surface area contributed by atoms with Crippen LogP contribution in [-0.2, 0) is 14.6 Å². The lowest BCUT2D eigenvalue weighted by Gasteiger charge is -2.13. The minimum atomic E-state index is -3.64. The number of anilines is 1. The van der Waals surface area contributed by atoms with Gasteiger partial charge in [-0.2, -0.15) is 14.6 Å². The lowest BCUT2D eigenvalue weighted by atomic mass is 10.1. The maximum Gasteiger partial charge on any atom is 0.268 e. The van der Waals surface area contributed by atoms with Crippen molar-refractivity contribution < 1.29 is 17.9 Å². The van der Waals surface area contributed by atoms with Gasteiger partial charge in [-0.25, -0.2) is 8.42 Å². The summed E-state index contributed by atoms with van der Waals surface area (Å²) in [6.45, 7) is 7.36. The van der Waals surface area contributed by atoms with Crippen LogP contribution in [0.15, 0.2) is 41.1 Å². The molecule has 34 heavy (non-hydrogen) atoms. The monoisotopic (exact) mass is 499 g/mol. The van der Waals surface area contributed by atoms with Gasteiger partial charge in [-0.15, -0.1) is 0 Å². The number of rotatable bonds is 8. The molecule has 1 aromatic carbocycles. The summed E-state index contributed by atoms with van der Waals surface area (Å²) in [5, 5.41) is 11.8. The Hall–Kier alpha value is -3.49. The highest BCUT2D eigenvalue weighted by Gasteiger charge is 2.23. The van der Waals surface area contributed by atoms with Crippen LogP contribution in [-0.4, -0.2) is 41.1 Å². The minimum absolute atomic E-state index is 0.00738. The number of carbonyl (C=O) groups is 1. The largest absolute Gasteiger partial charge is 0.495 e. The van der Waals surface area contributed by atoms with E-state index in [1.54, 1.807) is 21.0 Å². The zero-order chi connectivity index (χ0) is 25.0. The van der Waals surface area contributed by atoms with Crippen molar-refractivity contribution in [1.29, 1.82) is 5.26 Å². The third-order valence-corrected chi connectivity index (χ3v) is 7.51. The van der Waals surface area contributed by atoms with Crippen LogP contribution in [0, 0.1) is 31.1 Å². The fourth-order valence-electron chi connectivity index (χ4n) is 3.49. The zero-order valence-corrected chi connectivity index (χ0v) is 21.1. The Morgan fingerprint density at radius 3 is 2.68 bits per heavy atom. The number of sulfone groups is 1. The number of hydrogen-bond donors (Lipinski definition) is 1. The fourth-order valence-corrected chi connectivity index (χ4v) is 5.84. The molecule has 0 aliphatic rings. The number of methoxy groups -OCH3 is 1. The summed E-state index contributed by atoms with van der Waals surface area (Å²) in [6.07, 6.45) is 1.49. The highest BCUT2D eigenvalue weighted by atomic mass is 32.2. The molecule has 0 fully saturated rings. The van der Waals surface area contributed by atoms with E-state index in [4.69, 9.17) is 4.74 Å². The number of nitrogens with zero attached hydrogens (tertiary/aromatic N) is 4. The standard InChI is InChI=1S/C23H25N5O4S2/c1-14(2)13-34(30,31)23-26-22(33-27-23)25-21(29)18(12-24)11-17-10-15(3)28(16(17)4)19-8-6-7-9-20(19)32-5/h6-11,14H,13H2,1-5H3,(H,25,26,27,29). The van der Waals surface area contributed by atoms with Gasteiger partial charge in [0.05, 0.1) is 18.6 Å². The van der Waals surface area contributed by atoms with Gasteiger partial charge in [-0.3, -0.25) is 10.1 Å². The highest BCUT2D eigenvalue weighted by Crippen LogP contribution is 2.29. The lowest BCUT2D eigenvalue weighted by molar-refractivity contribution is -0.112. The highest BCUT2D eigenvalue weighted by molar-refractivity contribution is 7.91. The molecule has 3 aromatic rings. The number of aryl methyl sites for hydroxylation is 1. The summed E-state index contributed by atoms with van der Waals surface area (Å²) in [7, 11) is -2.05. The van der Waals surface area contributed by atoms with E-state index in [1.165, 1.54) is 6.08 Å². The van der Waals surface area contributed by atoms with Crippen LogP contribution < -0.4 is 10.1 Å². The van der Waals surface area contributed by atoms with Crippen molar-refractivity contribution in [1.82, 2.24) is 13.9 Å². The Morgan fingerprint density at radius 2 is 2.03 bits per heavy atom. The number of amides is 1. The summed E-state index contributed by atoms with van der Waals surface area (Å²) in [5.74, 6) is -0.192. The van der Waals surface area contributed by atoms with Crippen LogP contribution >= 0.6 is 11.5 Å². The van der Waals surface area contributed by atoms with Gasteiger partial charge < -0.3 is 9.30 Å². The number of benzene rings is 1. The molecule has 0 radical (unpaired) electrons. The summed E-state index contributed by atoms with van der Waals surface area (Å²) < 4.78 is 35.9. The maximum atomic E-state index is 12.7. The van der Waals surface area contributed by atoms with E-state index in [2.05, 4.69) is 14.7 Å². The number of carbonyl (C=O) groups excluding carboxylic acids is 1. The van der Waals surface area contributed by atoms with Gasteiger partial charge in [-0.05, 0) is 49.6 Å². The summed E-state index contributed by atoms with van der Waals surface area (Å²) in [4.78, 5) is 16.6. The molecule has 9 nitrogen and oxygen atoms in total. The van der Waals surface area contributed by atoms with Crippen LogP contribution in [0.2, 0.25) is 0 Å². The Balaban J connectivity index is 1.88.